The largest absolute Gasteiger partial charge is 0.486 e. The number of fused-ring (bicyclic) bond motifs is 1. The molecule has 1 saturated carbocycles. The van der Waals surface area contributed by atoms with Gasteiger partial charge in [0, 0.05) is 31.5 Å². The highest BCUT2D eigenvalue weighted by molar-refractivity contribution is 6.02. The zero-order chi connectivity index (χ0) is 31.1. The number of anilines is 1. The number of amides is 2. The fourth-order valence-corrected chi connectivity index (χ4v) is 6.13. The van der Waals surface area contributed by atoms with Crippen molar-refractivity contribution in [1.82, 2.24) is 9.80 Å². The summed E-state index contributed by atoms with van der Waals surface area (Å²) in [6.07, 6.45) is 4.78. The van der Waals surface area contributed by atoms with Crippen LogP contribution >= 0.6 is 0 Å². The lowest BCUT2D eigenvalue weighted by molar-refractivity contribution is -0.120. The molecule has 2 aliphatic rings. The average molecular weight is 600 g/mol. The van der Waals surface area contributed by atoms with Gasteiger partial charge in [-0.3, -0.25) is 14.5 Å². The molecule has 2 amide bonds. The van der Waals surface area contributed by atoms with Gasteiger partial charge in [-0.25, -0.2) is 0 Å². The number of nitrogens with one attached hydrogen (secondary N) is 1. The quantitative estimate of drug-likeness (QED) is 0.282. The second-order valence-electron chi connectivity index (χ2n) is 12.4. The van der Waals surface area contributed by atoms with Gasteiger partial charge in [-0.15, -0.1) is 0 Å². The van der Waals surface area contributed by atoms with Crippen LogP contribution in [-0.4, -0.2) is 65.6 Å². The zero-order valence-corrected chi connectivity index (χ0v) is 26.1. The molecular formula is C36H45N3O5. The van der Waals surface area contributed by atoms with Crippen molar-refractivity contribution in [2.24, 2.45) is 11.8 Å². The maximum absolute atomic E-state index is 13.8. The molecule has 8 nitrogen and oxygen atoms in total. The van der Waals surface area contributed by atoms with E-state index in [1.54, 1.807) is 17.0 Å². The van der Waals surface area contributed by atoms with Crippen LogP contribution in [0.3, 0.4) is 0 Å². The van der Waals surface area contributed by atoms with Crippen molar-refractivity contribution in [3.8, 4) is 17.2 Å². The van der Waals surface area contributed by atoms with Crippen molar-refractivity contribution < 1.29 is 24.2 Å². The van der Waals surface area contributed by atoms with Gasteiger partial charge in [-0.1, -0.05) is 62.6 Å². The molecule has 0 radical (unpaired) electrons. The van der Waals surface area contributed by atoms with Gasteiger partial charge >= 0.3 is 0 Å². The summed E-state index contributed by atoms with van der Waals surface area (Å²) < 4.78 is 12.7. The fraction of sp³-hybridized carbons (Fsp3) is 0.444. The second kappa shape index (κ2) is 14.7. The van der Waals surface area contributed by atoms with E-state index in [1.807, 2.05) is 55.5 Å². The van der Waals surface area contributed by atoms with Crippen LogP contribution in [0.15, 0.2) is 72.8 Å². The lowest BCUT2D eigenvalue weighted by Gasteiger charge is -2.38. The smallest absolute Gasteiger partial charge is 0.258 e. The van der Waals surface area contributed by atoms with Crippen molar-refractivity contribution >= 4 is 17.5 Å². The number of benzene rings is 3. The van der Waals surface area contributed by atoms with E-state index in [2.05, 4.69) is 36.3 Å². The Morgan fingerprint density at radius 2 is 1.73 bits per heavy atom. The van der Waals surface area contributed by atoms with Crippen LogP contribution < -0.4 is 14.8 Å². The SMILES string of the molecule is C[C@@H]1CN([C@H](C)CO)C(=O)c2cccc(NC(=O)C3CCCCC3)c2O[C@H]1CN(C)Cc1ccc(Oc2ccccc2)cc1. The third kappa shape index (κ3) is 7.79. The van der Waals surface area contributed by atoms with Gasteiger partial charge in [0.2, 0.25) is 5.91 Å². The molecule has 5 rings (SSSR count). The van der Waals surface area contributed by atoms with Gasteiger partial charge in [-0.05, 0) is 68.8 Å². The van der Waals surface area contributed by atoms with Gasteiger partial charge in [0.15, 0.2) is 5.75 Å². The predicted octanol–water partition coefficient (Wildman–Crippen LogP) is 6.35. The molecule has 0 bridgehead atoms. The number of rotatable bonds is 10. The summed E-state index contributed by atoms with van der Waals surface area (Å²) in [5, 5.41) is 13.1. The highest BCUT2D eigenvalue weighted by Gasteiger charge is 2.35. The third-order valence-corrected chi connectivity index (χ3v) is 8.77. The van der Waals surface area contributed by atoms with Gasteiger partial charge in [0.1, 0.15) is 17.6 Å². The second-order valence-corrected chi connectivity index (χ2v) is 12.4. The molecule has 0 aromatic heterocycles. The molecule has 3 aromatic rings. The molecule has 1 aliphatic heterocycles. The standard InChI is InChI=1S/C36H45N3O5/c1-25-21-39(26(2)24-40)36(42)31-15-10-16-32(37-35(41)28-11-6-4-7-12-28)34(31)44-33(25)23-38(3)22-27-17-19-30(20-18-27)43-29-13-8-5-9-14-29/h5,8-10,13-20,25-26,28,33,40H,4,6-7,11-12,21-24H2,1-3H3,(H,37,41)/t25-,26-,33+/m1/s1. The molecule has 2 N–H and O–H groups in total. The number of para-hydroxylation sites is 2. The Labute approximate surface area is 261 Å². The summed E-state index contributed by atoms with van der Waals surface area (Å²) in [7, 11) is 2.06. The lowest BCUT2D eigenvalue weighted by atomic mass is 9.88. The number of carbonyl (C=O) groups is 2. The maximum atomic E-state index is 13.8. The summed E-state index contributed by atoms with van der Waals surface area (Å²) in [5.74, 6) is 1.70. The molecule has 1 aliphatic carbocycles. The molecule has 0 saturated heterocycles. The van der Waals surface area contributed by atoms with Crippen molar-refractivity contribution in [3.05, 3.63) is 83.9 Å². The minimum Gasteiger partial charge on any atom is -0.486 e. The minimum absolute atomic E-state index is 0.0156. The number of aliphatic hydroxyl groups excluding tert-OH is 1. The highest BCUT2D eigenvalue weighted by Crippen LogP contribution is 2.36. The number of likely N-dealkylation sites (N-methyl/N-ethyl adjacent to an activating group) is 1. The van der Waals surface area contributed by atoms with Crippen LogP contribution in [0.5, 0.6) is 17.2 Å². The molecule has 234 valence electrons. The van der Waals surface area contributed by atoms with E-state index in [4.69, 9.17) is 9.47 Å². The molecule has 1 fully saturated rings. The van der Waals surface area contributed by atoms with E-state index < -0.39 is 0 Å². The topological polar surface area (TPSA) is 91.3 Å². The number of aliphatic hydroxyl groups is 1. The van der Waals surface area contributed by atoms with Crippen LogP contribution in [0, 0.1) is 11.8 Å². The Kier molecular flexibility index (Phi) is 10.6. The summed E-state index contributed by atoms with van der Waals surface area (Å²) in [6, 6.07) is 22.8. The van der Waals surface area contributed by atoms with E-state index >= 15 is 0 Å². The van der Waals surface area contributed by atoms with Crippen LogP contribution in [0.25, 0.3) is 0 Å². The molecule has 0 unspecified atom stereocenters. The van der Waals surface area contributed by atoms with Crippen molar-refractivity contribution in [3.63, 3.8) is 0 Å². The Bertz CT molecular complexity index is 1390. The third-order valence-electron chi connectivity index (χ3n) is 8.77. The molecule has 44 heavy (non-hydrogen) atoms. The lowest BCUT2D eigenvalue weighted by Crippen LogP contribution is -2.49. The Morgan fingerprint density at radius 1 is 1.02 bits per heavy atom. The van der Waals surface area contributed by atoms with Gasteiger partial charge in [0.25, 0.3) is 5.91 Å². The number of ether oxygens (including phenoxy) is 2. The van der Waals surface area contributed by atoms with Gasteiger partial charge < -0.3 is 24.8 Å². The molecule has 1 heterocycles. The molecule has 3 aromatic carbocycles. The Morgan fingerprint density at radius 3 is 2.43 bits per heavy atom. The summed E-state index contributed by atoms with van der Waals surface area (Å²) in [4.78, 5) is 31.0. The summed E-state index contributed by atoms with van der Waals surface area (Å²) in [5.41, 5.74) is 2.07. The van der Waals surface area contributed by atoms with E-state index in [0.29, 0.717) is 36.6 Å². The Hall–Kier alpha value is -3.88. The van der Waals surface area contributed by atoms with E-state index in [9.17, 15) is 14.7 Å². The normalized spacial score (nSPS) is 19.8. The van der Waals surface area contributed by atoms with Crippen molar-refractivity contribution in [2.45, 2.75) is 64.6 Å². The molecule has 0 spiro atoms. The maximum Gasteiger partial charge on any atom is 0.258 e. The van der Waals surface area contributed by atoms with Crippen LogP contribution in [0.2, 0.25) is 0 Å². The Balaban J connectivity index is 1.34. The summed E-state index contributed by atoms with van der Waals surface area (Å²) >= 11 is 0. The minimum atomic E-state index is -0.355. The number of carbonyl (C=O) groups excluding carboxylic acids is 2. The first-order valence-corrected chi connectivity index (χ1v) is 15.8. The van der Waals surface area contributed by atoms with E-state index in [0.717, 1.165) is 42.7 Å². The predicted molar refractivity (Wildman–Crippen MR) is 172 cm³/mol. The highest BCUT2D eigenvalue weighted by atomic mass is 16.5. The van der Waals surface area contributed by atoms with E-state index in [1.165, 1.54) is 6.42 Å². The van der Waals surface area contributed by atoms with Crippen LogP contribution in [-0.2, 0) is 11.3 Å². The number of hydrogen-bond acceptors (Lipinski definition) is 6. The van der Waals surface area contributed by atoms with Crippen molar-refractivity contribution in [2.75, 3.05) is 32.1 Å². The monoisotopic (exact) mass is 599 g/mol. The average Bonchev–Trinajstić information content (AvgIpc) is 3.04. The van der Waals surface area contributed by atoms with Crippen LogP contribution in [0.4, 0.5) is 5.69 Å². The first kappa shape index (κ1) is 31.5. The first-order chi connectivity index (χ1) is 21.3. The molecule has 8 heteroatoms. The fourth-order valence-electron chi connectivity index (χ4n) is 6.13. The zero-order valence-electron chi connectivity index (χ0n) is 26.1. The summed E-state index contributed by atoms with van der Waals surface area (Å²) in [6.45, 7) is 5.54. The molecular weight excluding hydrogens is 554 g/mol. The molecule has 3 atom stereocenters. The van der Waals surface area contributed by atoms with Crippen molar-refractivity contribution in [1.29, 1.82) is 0 Å². The van der Waals surface area contributed by atoms with Crippen LogP contribution in [0.1, 0.15) is 61.9 Å². The first-order valence-electron chi connectivity index (χ1n) is 15.8. The number of hydrogen-bond donors (Lipinski definition) is 2. The van der Waals surface area contributed by atoms with Gasteiger partial charge in [0.05, 0.1) is 23.9 Å². The van der Waals surface area contributed by atoms with Gasteiger partial charge in [-0.2, -0.15) is 0 Å². The van der Waals surface area contributed by atoms with E-state index in [-0.39, 0.29) is 42.4 Å². The number of nitrogens with zero attached hydrogens (tertiary/aromatic N) is 2.